The zero-order valence-electron chi connectivity index (χ0n) is 29.8. The average Bonchev–Trinajstić information content (AvgIpc) is 3.57. The molecule has 0 unspecified atom stereocenters. The van der Waals surface area contributed by atoms with Gasteiger partial charge in [-0.15, -0.1) is 0 Å². The van der Waals surface area contributed by atoms with Gasteiger partial charge in [-0.05, 0) is 82.5 Å². The van der Waals surface area contributed by atoms with E-state index >= 15 is 0 Å². The summed E-state index contributed by atoms with van der Waals surface area (Å²) in [7, 11) is -2.27. The fourth-order valence-electron chi connectivity index (χ4n) is 5.97. The van der Waals surface area contributed by atoms with Crippen molar-refractivity contribution >= 4 is 33.3 Å². The number of carbonyl (C=O) groups is 2. The largest absolute Gasteiger partial charge is 0.490 e. The van der Waals surface area contributed by atoms with Gasteiger partial charge < -0.3 is 39.6 Å². The number of benzene rings is 3. The zero-order chi connectivity index (χ0) is 36.7. The van der Waals surface area contributed by atoms with Crippen LogP contribution in [-0.2, 0) is 14.8 Å². The number of ether oxygens (including phenoxy) is 4. The van der Waals surface area contributed by atoms with Crippen molar-refractivity contribution in [3.8, 4) is 17.2 Å². The molecule has 3 amide bonds. The molecular weight excluding hydrogens is 676 g/mol. The van der Waals surface area contributed by atoms with Crippen molar-refractivity contribution in [3.05, 3.63) is 71.8 Å². The molecule has 51 heavy (non-hydrogen) atoms. The fourth-order valence-corrected chi connectivity index (χ4v) is 7.16. The van der Waals surface area contributed by atoms with Crippen molar-refractivity contribution in [3.63, 3.8) is 0 Å². The summed E-state index contributed by atoms with van der Waals surface area (Å²) >= 11 is 0. The van der Waals surface area contributed by atoms with E-state index in [0.717, 1.165) is 18.4 Å². The van der Waals surface area contributed by atoms with Crippen LogP contribution in [0.1, 0.15) is 56.0 Å². The van der Waals surface area contributed by atoms with Crippen molar-refractivity contribution in [1.29, 1.82) is 0 Å². The minimum atomic E-state index is -3.80. The second-order valence-electron chi connectivity index (χ2n) is 13.3. The van der Waals surface area contributed by atoms with Crippen LogP contribution in [0.4, 0.5) is 16.2 Å². The highest BCUT2D eigenvalue weighted by molar-refractivity contribution is 7.89. The highest BCUT2D eigenvalue weighted by Crippen LogP contribution is 2.34. The highest BCUT2D eigenvalue weighted by Gasteiger charge is 2.32. The Bertz CT molecular complexity index is 1790. The summed E-state index contributed by atoms with van der Waals surface area (Å²) < 4.78 is 51.6. The summed E-state index contributed by atoms with van der Waals surface area (Å²) in [6.45, 7) is 7.89. The van der Waals surface area contributed by atoms with Crippen LogP contribution < -0.4 is 24.8 Å². The van der Waals surface area contributed by atoms with Crippen molar-refractivity contribution < 1.29 is 42.1 Å². The van der Waals surface area contributed by atoms with Crippen LogP contribution in [0, 0.1) is 12.8 Å². The van der Waals surface area contributed by atoms with E-state index < -0.39 is 34.1 Å². The predicted molar refractivity (Wildman–Crippen MR) is 193 cm³/mol. The maximum atomic E-state index is 14.4. The number of aryl methyl sites for hydroxylation is 1. The normalized spacial score (nSPS) is 20.6. The van der Waals surface area contributed by atoms with Gasteiger partial charge in [0.2, 0.25) is 16.8 Å². The number of nitrogens with one attached hydrogen (secondary N) is 2. The van der Waals surface area contributed by atoms with Gasteiger partial charge in [-0.2, -0.15) is 4.31 Å². The average molecular weight is 725 g/mol. The molecule has 2 aliphatic heterocycles. The lowest BCUT2D eigenvalue weighted by molar-refractivity contribution is -0.00834. The molecule has 276 valence electrons. The summed E-state index contributed by atoms with van der Waals surface area (Å²) in [6.07, 6.45) is 1.41. The Labute approximate surface area is 299 Å². The van der Waals surface area contributed by atoms with Crippen molar-refractivity contribution in [1.82, 2.24) is 9.21 Å². The van der Waals surface area contributed by atoms with Crippen LogP contribution in [0.2, 0.25) is 0 Å². The zero-order valence-corrected chi connectivity index (χ0v) is 30.6. The van der Waals surface area contributed by atoms with Gasteiger partial charge in [0.15, 0.2) is 11.5 Å². The Morgan fingerprint density at radius 3 is 2.35 bits per heavy atom. The Morgan fingerprint density at radius 2 is 1.65 bits per heavy atom. The Kier molecular flexibility index (Phi) is 12.5. The lowest BCUT2D eigenvalue weighted by Gasteiger charge is -2.35. The molecular formula is C37H48N4O9S. The van der Waals surface area contributed by atoms with Crippen LogP contribution in [0.25, 0.3) is 0 Å². The van der Waals surface area contributed by atoms with Gasteiger partial charge in [-0.1, -0.05) is 24.6 Å². The molecule has 2 aliphatic rings. The third kappa shape index (κ3) is 9.50. The first-order valence-electron chi connectivity index (χ1n) is 17.2. The van der Waals surface area contributed by atoms with Crippen molar-refractivity contribution in [2.24, 2.45) is 5.92 Å². The van der Waals surface area contributed by atoms with E-state index in [1.165, 1.54) is 11.4 Å². The Hall–Kier alpha value is -4.37. The summed E-state index contributed by atoms with van der Waals surface area (Å²) in [5.74, 6) is 0.717. The Balaban J connectivity index is 1.39. The van der Waals surface area contributed by atoms with Crippen LogP contribution in [0.15, 0.2) is 65.6 Å². The summed E-state index contributed by atoms with van der Waals surface area (Å²) in [4.78, 5) is 29.2. The van der Waals surface area contributed by atoms with E-state index in [4.69, 9.17) is 18.9 Å². The number of likely N-dealkylation sites (N-methyl/N-ethyl adjacent to an activating group) is 1. The predicted octanol–water partition coefficient (Wildman–Crippen LogP) is 5.48. The molecule has 4 atom stereocenters. The molecule has 0 bridgehead atoms. The summed E-state index contributed by atoms with van der Waals surface area (Å²) in [6, 6.07) is 15.5. The molecule has 0 radical (unpaired) electrons. The number of hydrogen-bond acceptors (Lipinski definition) is 9. The molecule has 3 aromatic carbocycles. The SMILES string of the molecule is Cc1ccc(S(=O)(=O)N(C)C[C@@H]2OCCCC[C@@H](C)Oc3ccc(NC(=O)Nc4ccc5c(c4)OCO5)cc3C(=O)N([C@@H](C)CO)C[C@@H]2C)cc1. The molecule has 0 aliphatic carbocycles. The topological polar surface area (TPSA) is 156 Å². The maximum Gasteiger partial charge on any atom is 0.323 e. The molecule has 5 rings (SSSR count). The molecule has 0 saturated heterocycles. The third-order valence-electron chi connectivity index (χ3n) is 9.11. The second kappa shape index (κ2) is 16.8. The molecule has 0 spiro atoms. The van der Waals surface area contributed by atoms with Gasteiger partial charge in [0.05, 0.1) is 35.3 Å². The number of fused-ring (bicyclic) bond motifs is 2. The van der Waals surface area contributed by atoms with Gasteiger partial charge >= 0.3 is 6.03 Å². The monoisotopic (exact) mass is 724 g/mol. The highest BCUT2D eigenvalue weighted by atomic mass is 32.2. The van der Waals surface area contributed by atoms with Gasteiger partial charge in [0.25, 0.3) is 5.91 Å². The van der Waals surface area contributed by atoms with E-state index in [-0.39, 0.29) is 49.0 Å². The van der Waals surface area contributed by atoms with E-state index in [9.17, 15) is 23.1 Å². The van der Waals surface area contributed by atoms with E-state index in [2.05, 4.69) is 10.6 Å². The van der Waals surface area contributed by atoms with Gasteiger partial charge in [-0.25, -0.2) is 13.2 Å². The maximum absolute atomic E-state index is 14.4. The minimum Gasteiger partial charge on any atom is -0.490 e. The lowest BCUT2D eigenvalue weighted by atomic mass is 10.0. The number of hydrogen-bond donors (Lipinski definition) is 3. The van der Waals surface area contributed by atoms with Crippen molar-refractivity contribution in [2.75, 3.05) is 50.8 Å². The van der Waals surface area contributed by atoms with Crippen LogP contribution in [0.3, 0.4) is 0 Å². The number of anilines is 2. The third-order valence-corrected chi connectivity index (χ3v) is 10.9. The Morgan fingerprint density at radius 1 is 0.980 bits per heavy atom. The molecule has 3 N–H and O–H groups in total. The molecule has 13 nitrogen and oxygen atoms in total. The second-order valence-corrected chi connectivity index (χ2v) is 15.3. The number of carbonyl (C=O) groups excluding carboxylic acids is 2. The van der Waals surface area contributed by atoms with E-state index in [0.29, 0.717) is 41.7 Å². The van der Waals surface area contributed by atoms with Crippen LogP contribution in [-0.4, -0.2) is 93.1 Å². The smallest absolute Gasteiger partial charge is 0.323 e. The van der Waals surface area contributed by atoms with Gasteiger partial charge in [0, 0.05) is 50.1 Å². The number of aliphatic hydroxyl groups is 1. The quantitative estimate of drug-likeness (QED) is 0.274. The number of aliphatic hydroxyl groups excluding tert-OH is 1. The number of urea groups is 1. The summed E-state index contributed by atoms with van der Waals surface area (Å²) in [5, 5.41) is 15.8. The van der Waals surface area contributed by atoms with E-state index in [1.54, 1.807) is 72.5 Å². The first-order valence-corrected chi connectivity index (χ1v) is 18.6. The van der Waals surface area contributed by atoms with Gasteiger partial charge in [-0.3, -0.25) is 4.79 Å². The first-order chi connectivity index (χ1) is 24.3. The molecule has 14 heteroatoms. The molecule has 0 aromatic heterocycles. The molecule has 3 aromatic rings. The minimum absolute atomic E-state index is 0.0650. The van der Waals surface area contributed by atoms with Gasteiger partial charge in [0.1, 0.15) is 5.75 Å². The number of amides is 3. The van der Waals surface area contributed by atoms with Crippen LogP contribution in [0.5, 0.6) is 17.2 Å². The van der Waals surface area contributed by atoms with Crippen LogP contribution >= 0.6 is 0 Å². The number of rotatable bonds is 8. The lowest BCUT2D eigenvalue weighted by Crippen LogP contribution is -2.48. The molecule has 2 heterocycles. The van der Waals surface area contributed by atoms with E-state index in [1.807, 2.05) is 20.8 Å². The number of nitrogens with zero attached hydrogens (tertiary/aromatic N) is 2. The molecule has 0 fully saturated rings. The fraction of sp³-hybridized carbons (Fsp3) is 0.459. The molecule has 0 saturated carbocycles. The standard InChI is InChI=1S/C37H48N4O9S/c1-24-9-13-30(14-10-24)51(45,46)40(5)21-35-25(2)20-41(26(3)22-42)36(43)31-18-28(11-15-32(31)50-27(4)8-6-7-17-47-35)38-37(44)39-29-12-16-33-34(19-29)49-23-48-33/h9-16,18-19,25-27,35,42H,6-8,17,20-23H2,1-5H3,(H2,38,39,44)/t25-,26-,27+,35-/m0/s1. The first kappa shape index (κ1) is 37.9. The number of sulfonamides is 1. The van der Waals surface area contributed by atoms with Crippen molar-refractivity contribution in [2.45, 2.75) is 70.1 Å². The summed E-state index contributed by atoms with van der Waals surface area (Å²) in [5.41, 5.74) is 2.01.